The van der Waals surface area contributed by atoms with E-state index in [1.807, 2.05) is 42.5 Å². The minimum atomic E-state index is 0.543. The first-order chi connectivity index (χ1) is 10.8. The van der Waals surface area contributed by atoms with Gasteiger partial charge < -0.3 is 19.2 Å². The summed E-state index contributed by atoms with van der Waals surface area (Å²) in [7, 11) is 3.27. The summed E-state index contributed by atoms with van der Waals surface area (Å²) in [5.74, 6) is 1.47. The van der Waals surface area contributed by atoms with Gasteiger partial charge in [0.2, 0.25) is 0 Å². The summed E-state index contributed by atoms with van der Waals surface area (Å²) in [6, 6.07) is 14.2. The van der Waals surface area contributed by atoms with Crippen LogP contribution in [0, 0.1) is 0 Å². The van der Waals surface area contributed by atoms with Crippen LogP contribution in [0.15, 0.2) is 46.9 Å². The van der Waals surface area contributed by atoms with E-state index in [2.05, 4.69) is 10.3 Å². The highest BCUT2D eigenvalue weighted by molar-refractivity contribution is 5.74. The molecular formula is C17H18N2O3. The van der Waals surface area contributed by atoms with Crippen molar-refractivity contribution in [2.45, 2.75) is 6.42 Å². The van der Waals surface area contributed by atoms with Crippen LogP contribution in [-0.2, 0) is 6.42 Å². The molecule has 0 bridgehead atoms. The highest BCUT2D eigenvalue weighted by Gasteiger charge is 2.06. The fourth-order valence-corrected chi connectivity index (χ4v) is 2.30. The van der Waals surface area contributed by atoms with E-state index in [0.717, 1.165) is 41.1 Å². The number of hydrogen-bond acceptors (Lipinski definition) is 5. The summed E-state index contributed by atoms with van der Waals surface area (Å²) in [4.78, 5) is 4.38. The zero-order valence-corrected chi connectivity index (χ0v) is 12.6. The molecule has 0 spiro atoms. The molecule has 22 heavy (non-hydrogen) atoms. The van der Waals surface area contributed by atoms with Gasteiger partial charge in [-0.3, -0.25) is 0 Å². The van der Waals surface area contributed by atoms with E-state index in [9.17, 15) is 0 Å². The minimum absolute atomic E-state index is 0.543. The molecule has 0 aliphatic carbocycles. The third-order valence-corrected chi connectivity index (χ3v) is 3.43. The zero-order chi connectivity index (χ0) is 15.4. The number of hydrogen-bond donors (Lipinski definition) is 1. The van der Waals surface area contributed by atoms with Crippen molar-refractivity contribution in [2.24, 2.45) is 0 Å². The number of oxazole rings is 1. The molecule has 0 aliphatic heterocycles. The van der Waals surface area contributed by atoms with Gasteiger partial charge in [0.25, 0.3) is 6.01 Å². The number of rotatable bonds is 6. The molecule has 0 radical (unpaired) electrons. The topological polar surface area (TPSA) is 56.5 Å². The lowest BCUT2D eigenvalue weighted by Gasteiger charge is -2.09. The van der Waals surface area contributed by atoms with Crippen LogP contribution in [-0.4, -0.2) is 25.7 Å². The van der Waals surface area contributed by atoms with Gasteiger partial charge in [0.15, 0.2) is 17.1 Å². The molecular weight excluding hydrogens is 280 g/mol. The monoisotopic (exact) mass is 298 g/mol. The van der Waals surface area contributed by atoms with Gasteiger partial charge in [0.05, 0.1) is 14.2 Å². The van der Waals surface area contributed by atoms with Crippen LogP contribution >= 0.6 is 0 Å². The van der Waals surface area contributed by atoms with Crippen molar-refractivity contribution in [2.75, 3.05) is 26.1 Å². The second kappa shape index (κ2) is 6.39. The van der Waals surface area contributed by atoms with Crippen molar-refractivity contribution in [3.8, 4) is 11.5 Å². The van der Waals surface area contributed by atoms with Gasteiger partial charge in [0, 0.05) is 6.54 Å². The van der Waals surface area contributed by atoms with Gasteiger partial charge in [-0.15, -0.1) is 0 Å². The third-order valence-electron chi connectivity index (χ3n) is 3.43. The summed E-state index contributed by atoms with van der Waals surface area (Å²) in [5.41, 5.74) is 2.80. The molecule has 0 aliphatic rings. The lowest BCUT2D eigenvalue weighted by Crippen LogP contribution is -2.05. The van der Waals surface area contributed by atoms with E-state index in [0.29, 0.717) is 6.01 Å². The molecule has 2 aromatic carbocycles. The first-order valence-electron chi connectivity index (χ1n) is 7.10. The predicted octanol–water partition coefficient (Wildman–Crippen LogP) is 3.50. The lowest BCUT2D eigenvalue weighted by molar-refractivity contribution is 0.354. The van der Waals surface area contributed by atoms with E-state index in [1.54, 1.807) is 14.2 Å². The van der Waals surface area contributed by atoms with E-state index in [1.165, 1.54) is 0 Å². The predicted molar refractivity (Wildman–Crippen MR) is 85.7 cm³/mol. The van der Waals surface area contributed by atoms with Crippen LogP contribution in [0.25, 0.3) is 11.1 Å². The second-order valence-corrected chi connectivity index (χ2v) is 4.85. The highest BCUT2D eigenvalue weighted by atomic mass is 16.5. The van der Waals surface area contributed by atoms with Crippen LogP contribution in [0.2, 0.25) is 0 Å². The van der Waals surface area contributed by atoms with Crippen LogP contribution in [0.1, 0.15) is 5.56 Å². The fourth-order valence-electron chi connectivity index (χ4n) is 2.30. The fraction of sp³-hybridized carbons (Fsp3) is 0.235. The molecule has 0 saturated heterocycles. The lowest BCUT2D eigenvalue weighted by atomic mass is 10.1. The van der Waals surface area contributed by atoms with E-state index in [4.69, 9.17) is 13.9 Å². The van der Waals surface area contributed by atoms with E-state index >= 15 is 0 Å². The van der Waals surface area contributed by atoms with Crippen molar-refractivity contribution >= 4 is 17.1 Å². The number of para-hydroxylation sites is 2. The molecule has 0 saturated carbocycles. The molecule has 1 N–H and O–H groups in total. The summed E-state index contributed by atoms with van der Waals surface area (Å²) in [5, 5.41) is 3.20. The number of aromatic nitrogens is 1. The maximum absolute atomic E-state index is 5.62. The van der Waals surface area contributed by atoms with E-state index < -0.39 is 0 Å². The standard InChI is InChI=1S/C17H18N2O3/c1-20-15-8-7-12(11-16(15)21-2)9-10-18-17-19-13-5-3-4-6-14(13)22-17/h3-8,11H,9-10H2,1-2H3,(H,18,19). The second-order valence-electron chi connectivity index (χ2n) is 4.85. The normalized spacial score (nSPS) is 10.6. The molecule has 3 rings (SSSR count). The van der Waals surface area contributed by atoms with Gasteiger partial charge in [0.1, 0.15) is 5.52 Å². The maximum atomic E-state index is 5.62. The molecule has 1 aromatic heterocycles. The Labute approximate surface area is 128 Å². The van der Waals surface area contributed by atoms with Crippen molar-refractivity contribution in [3.63, 3.8) is 0 Å². The van der Waals surface area contributed by atoms with Gasteiger partial charge >= 0.3 is 0 Å². The molecule has 0 atom stereocenters. The average molecular weight is 298 g/mol. The Balaban J connectivity index is 1.63. The molecule has 5 nitrogen and oxygen atoms in total. The summed E-state index contributed by atoms with van der Waals surface area (Å²) >= 11 is 0. The Morgan fingerprint density at radius 3 is 2.64 bits per heavy atom. The van der Waals surface area contributed by atoms with Gasteiger partial charge in [-0.2, -0.15) is 4.98 Å². The molecule has 5 heteroatoms. The Hall–Kier alpha value is -2.69. The van der Waals surface area contributed by atoms with Crippen molar-refractivity contribution < 1.29 is 13.9 Å². The van der Waals surface area contributed by atoms with Gasteiger partial charge in [-0.1, -0.05) is 18.2 Å². The number of ether oxygens (including phenoxy) is 2. The molecule has 0 unspecified atom stereocenters. The number of anilines is 1. The molecule has 114 valence electrons. The quantitative estimate of drug-likeness (QED) is 0.755. The summed E-state index contributed by atoms with van der Waals surface area (Å²) in [6.45, 7) is 0.725. The van der Waals surface area contributed by atoms with Crippen molar-refractivity contribution in [3.05, 3.63) is 48.0 Å². The Morgan fingerprint density at radius 2 is 1.86 bits per heavy atom. The SMILES string of the molecule is COc1ccc(CCNc2nc3ccccc3o2)cc1OC. The van der Waals surface area contributed by atoms with Crippen LogP contribution < -0.4 is 14.8 Å². The molecule has 0 fully saturated rings. The third kappa shape index (κ3) is 2.98. The van der Waals surface area contributed by atoms with Crippen LogP contribution in [0.3, 0.4) is 0 Å². The van der Waals surface area contributed by atoms with E-state index in [-0.39, 0.29) is 0 Å². The van der Waals surface area contributed by atoms with Gasteiger partial charge in [-0.05, 0) is 36.2 Å². The highest BCUT2D eigenvalue weighted by Crippen LogP contribution is 2.27. The molecule has 0 amide bonds. The number of nitrogens with zero attached hydrogens (tertiary/aromatic N) is 1. The van der Waals surface area contributed by atoms with Crippen molar-refractivity contribution in [1.29, 1.82) is 0 Å². The number of nitrogens with one attached hydrogen (secondary N) is 1. The Kier molecular flexibility index (Phi) is 4.14. The molecule has 3 aromatic rings. The maximum Gasteiger partial charge on any atom is 0.295 e. The Bertz CT molecular complexity index is 734. The number of methoxy groups -OCH3 is 2. The van der Waals surface area contributed by atoms with Crippen molar-refractivity contribution in [1.82, 2.24) is 4.98 Å². The number of benzene rings is 2. The van der Waals surface area contributed by atoms with Gasteiger partial charge in [-0.25, -0.2) is 0 Å². The molecule has 1 heterocycles. The summed E-state index contributed by atoms with van der Waals surface area (Å²) in [6.07, 6.45) is 0.832. The average Bonchev–Trinajstić information content (AvgIpc) is 2.97. The Morgan fingerprint density at radius 1 is 1.05 bits per heavy atom. The van der Waals surface area contributed by atoms with Crippen LogP contribution in [0.4, 0.5) is 6.01 Å². The first kappa shape index (κ1) is 14.3. The first-order valence-corrected chi connectivity index (χ1v) is 7.10. The minimum Gasteiger partial charge on any atom is -0.493 e. The zero-order valence-electron chi connectivity index (χ0n) is 12.6. The van der Waals surface area contributed by atoms with Crippen LogP contribution in [0.5, 0.6) is 11.5 Å². The summed E-state index contributed by atoms with van der Waals surface area (Å²) < 4.78 is 16.2. The number of fused-ring (bicyclic) bond motifs is 1. The largest absolute Gasteiger partial charge is 0.493 e. The smallest absolute Gasteiger partial charge is 0.295 e.